The number of aryl methyl sites for hydroxylation is 1. The van der Waals surface area contributed by atoms with E-state index in [1.165, 1.54) is 0 Å². The molecule has 0 aliphatic carbocycles. The van der Waals surface area contributed by atoms with Crippen molar-refractivity contribution >= 4 is 24.6 Å². The fourth-order valence-corrected chi connectivity index (χ4v) is 7.11. The van der Waals surface area contributed by atoms with Crippen LogP contribution < -0.4 is 16.1 Å². The van der Waals surface area contributed by atoms with Crippen molar-refractivity contribution < 1.29 is 9.32 Å². The Labute approximate surface area is 149 Å². The van der Waals surface area contributed by atoms with Crippen LogP contribution in [0, 0.1) is 0 Å². The fraction of sp³-hybridized carbons (Fsp3) is 0.250. The summed E-state index contributed by atoms with van der Waals surface area (Å²) in [5.74, 6) is 0.325. The Kier molecular flexibility index (Phi) is 4.79. The summed E-state index contributed by atoms with van der Waals surface area (Å²) in [6.45, 7) is 4.28. The van der Waals surface area contributed by atoms with Crippen molar-refractivity contribution in [1.29, 1.82) is 0 Å². The predicted molar refractivity (Wildman–Crippen MR) is 103 cm³/mol. The van der Waals surface area contributed by atoms with Crippen LogP contribution in [0.1, 0.15) is 26.0 Å². The first-order valence-electron chi connectivity index (χ1n) is 8.48. The number of hydrogen-bond acceptors (Lipinski definition) is 4. The molecule has 130 valence electrons. The smallest absolute Gasteiger partial charge is 0.258 e. The van der Waals surface area contributed by atoms with E-state index in [4.69, 9.17) is 10.3 Å². The second kappa shape index (κ2) is 6.86. The lowest BCUT2D eigenvalue weighted by Gasteiger charge is -2.41. The Morgan fingerprint density at radius 3 is 1.96 bits per heavy atom. The molecule has 5 heteroatoms. The minimum atomic E-state index is -2.97. The van der Waals surface area contributed by atoms with Crippen LogP contribution in [0.25, 0.3) is 0 Å². The zero-order chi connectivity index (χ0) is 17.9. The molecule has 3 rings (SSSR count). The zero-order valence-corrected chi connectivity index (χ0v) is 15.6. The van der Waals surface area contributed by atoms with Gasteiger partial charge in [-0.2, -0.15) is 0 Å². The SMILES string of the molecule is CC(C)(CCc1cc(N)on1)[Si](O)(c1ccccc1)c1ccccc1. The Hall–Kier alpha value is -2.37. The van der Waals surface area contributed by atoms with Gasteiger partial charge in [0.05, 0.1) is 5.69 Å². The molecule has 0 amide bonds. The molecule has 0 aliphatic heterocycles. The van der Waals surface area contributed by atoms with Crippen molar-refractivity contribution in [3.05, 3.63) is 72.4 Å². The lowest BCUT2D eigenvalue weighted by Crippen LogP contribution is -2.65. The average molecular weight is 353 g/mol. The van der Waals surface area contributed by atoms with Crippen LogP contribution in [0.2, 0.25) is 5.04 Å². The third-order valence-corrected chi connectivity index (χ3v) is 9.49. The van der Waals surface area contributed by atoms with E-state index in [9.17, 15) is 4.80 Å². The van der Waals surface area contributed by atoms with E-state index in [2.05, 4.69) is 19.0 Å². The molecule has 0 atom stereocenters. The van der Waals surface area contributed by atoms with Crippen molar-refractivity contribution in [2.45, 2.75) is 31.7 Å². The molecule has 0 fully saturated rings. The van der Waals surface area contributed by atoms with Crippen LogP contribution in [0.4, 0.5) is 5.88 Å². The maximum Gasteiger partial charge on any atom is 0.258 e. The number of anilines is 1. The van der Waals surface area contributed by atoms with Crippen LogP contribution in [-0.4, -0.2) is 18.3 Å². The van der Waals surface area contributed by atoms with E-state index in [-0.39, 0.29) is 5.04 Å². The molecule has 0 aliphatic rings. The Balaban J connectivity index is 1.98. The first-order chi connectivity index (χ1) is 11.9. The highest BCUT2D eigenvalue weighted by Crippen LogP contribution is 2.39. The normalized spacial score (nSPS) is 12.3. The standard InChI is InChI=1S/C20H24N2O2Si/c1-20(2,14-13-16-15-19(21)24-22-16)25(23,17-9-5-3-6-10-17)18-11-7-4-8-12-18/h3-12,15,23H,13-14,21H2,1-2H3. The zero-order valence-electron chi connectivity index (χ0n) is 14.6. The van der Waals surface area contributed by atoms with E-state index >= 15 is 0 Å². The summed E-state index contributed by atoms with van der Waals surface area (Å²) in [5.41, 5.74) is 6.44. The summed E-state index contributed by atoms with van der Waals surface area (Å²) in [4.78, 5) is 12.0. The summed E-state index contributed by atoms with van der Waals surface area (Å²) in [6, 6.07) is 21.8. The largest absolute Gasteiger partial charge is 0.424 e. The van der Waals surface area contributed by atoms with E-state index < -0.39 is 8.32 Å². The van der Waals surface area contributed by atoms with Gasteiger partial charge in [-0.05, 0) is 28.3 Å². The third-order valence-electron chi connectivity index (χ3n) is 4.95. The van der Waals surface area contributed by atoms with E-state index in [0.717, 1.165) is 22.5 Å². The van der Waals surface area contributed by atoms with Crippen molar-refractivity contribution in [1.82, 2.24) is 5.16 Å². The van der Waals surface area contributed by atoms with Gasteiger partial charge < -0.3 is 15.1 Å². The summed E-state index contributed by atoms with van der Waals surface area (Å²) in [7, 11) is -2.97. The highest BCUT2D eigenvalue weighted by molar-refractivity contribution is 6.98. The van der Waals surface area contributed by atoms with Gasteiger partial charge in [0.1, 0.15) is 0 Å². The molecule has 0 spiro atoms. The van der Waals surface area contributed by atoms with Gasteiger partial charge in [0.25, 0.3) is 8.32 Å². The minimum Gasteiger partial charge on any atom is -0.424 e. The third kappa shape index (κ3) is 3.38. The lowest BCUT2D eigenvalue weighted by atomic mass is 10.1. The Morgan fingerprint density at radius 2 is 1.52 bits per heavy atom. The quantitative estimate of drug-likeness (QED) is 0.669. The van der Waals surface area contributed by atoms with Crippen molar-refractivity contribution in [3.63, 3.8) is 0 Å². The van der Waals surface area contributed by atoms with Crippen LogP contribution in [0.3, 0.4) is 0 Å². The fourth-order valence-electron chi connectivity index (χ4n) is 3.37. The lowest BCUT2D eigenvalue weighted by molar-refractivity contribution is 0.419. The van der Waals surface area contributed by atoms with Crippen LogP contribution >= 0.6 is 0 Å². The molecule has 0 unspecified atom stereocenters. The second-order valence-corrected chi connectivity index (χ2v) is 11.0. The van der Waals surface area contributed by atoms with E-state index in [1.54, 1.807) is 6.07 Å². The molecule has 1 heterocycles. The number of aromatic nitrogens is 1. The average Bonchev–Trinajstić information content (AvgIpc) is 3.06. The highest BCUT2D eigenvalue weighted by Gasteiger charge is 2.49. The molecule has 3 aromatic rings. The van der Waals surface area contributed by atoms with Crippen molar-refractivity contribution in [2.75, 3.05) is 5.73 Å². The second-order valence-electron chi connectivity index (χ2n) is 7.05. The van der Waals surface area contributed by atoms with Crippen molar-refractivity contribution in [2.24, 2.45) is 0 Å². The van der Waals surface area contributed by atoms with E-state index in [0.29, 0.717) is 12.3 Å². The van der Waals surface area contributed by atoms with Gasteiger partial charge in [0.2, 0.25) is 5.88 Å². The molecule has 3 N–H and O–H groups in total. The van der Waals surface area contributed by atoms with Gasteiger partial charge in [-0.1, -0.05) is 79.7 Å². The number of nitrogens with two attached hydrogens (primary N) is 1. The Morgan fingerprint density at radius 1 is 1.00 bits per heavy atom. The number of nitrogens with zero attached hydrogens (tertiary/aromatic N) is 1. The molecule has 0 saturated carbocycles. The molecule has 2 aromatic carbocycles. The number of nitrogen functional groups attached to an aromatic ring is 1. The minimum absolute atomic E-state index is 0.302. The highest BCUT2D eigenvalue weighted by atomic mass is 28.4. The predicted octanol–water partition coefficient (Wildman–Crippen LogP) is 2.72. The van der Waals surface area contributed by atoms with Gasteiger partial charge in [-0.3, -0.25) is 0 Å². The van der Waals surface area contributed by atoms with Gasteiger partial charge >= 0.3 is 0 Å². The molecule has 1 aromatic heterocycles. The molecule has 0 radical (unpaired) electrons. The number of hydrogen-bond donors (Lipinski definition) is 2. The maximum absolute atomic E-state index is 12.0. The summed E-state index contributed by atoms with van der Waals surface area (Å²) in [6.07, 6.45) is 1.49. The molecular formula is C20H24N2O2Si. The summed E-state index contributed by atoms with van der Waals surface area (Å²) >= 11 is 0. The number of benzene rings is 2. The van der Waals surface area contributed by atoms with Crippen molar-refractivity contribution in [3.8, 4) is 0 Å². The number of rotatable bonds is 6. The first-order valence-corrected chi connectivity index (χ1v) is 10.4. The molecule has 4 nitrogen and oxygen atoms in total. The molecule has 0 saturated heterocycles. The molecule has 25 heavy (non-hydrogen) atoms. The van der Waals surface area contributed by atoms with Gasteiger partial charge in [0, 0.05) is 6.07 Å². The monoisotopic (exact) mass is 352 g/mol. The van der Waals surface area contributed by atoms with Gasteiger partial charge in [-0.25, -0.2) is 0 Å². The van der Waals surface area contributed by atoms with Crippen LogP contribution in [0.5, 0.6) is 0 Å². The molecular weight excluding hydrogens is 328 g/mol. The van der Waals surface area contributed by atoms with Gasteiger partial charge in [-0.15, -0.1) is 0 Å². The van der Waals surface area contributed by atoms with E-state index in [1.807, 2.05) is 60.7 Å². The Bertz CT molecular complexity index is 776. The van der Waals surface area contributed by atoms with Gasteiger partial charge in [0.15, 0.2) is 0 Å². The maximum atomic E-state index is 12.0. The van der Waals surface area contributed by atoms with Crippen LogP contribution in [-0.2, 0) is 6.42 Å². The van der Waals surface area contributed by atoms with Crippen LogP contribution in [0.15, 0.2) is 71.3 Å². The topological polar surface area (TPSA) is 72.3 Å². The summed E-state index contributed by atoms with van der Waals surface area (Å²) < 4.78 is 4.96. The molecule has 0 bridgehead atoms. The summed E-state index contributed by atoms with van der Waals surface area (Å²) in [5, 5.41) is 5.72. The first kappa shape index (κ1) is 17.4.